The Hall–Kier alpha value is -2.24. The van der Waals surface area contributed by atoms with Gasteiger partial charge in [-0.25, -0.2) is 5.43 Å². The summed E-state index contributed by atoms with van der Waals surface area (Å²) in [5.41, 5.74) is 2.56. The Balaban J connectivity index is 2.15. The highest BCUT2D eigenvalue weighted by Gasteiger charge is 2.19. The summed E-state index contributed by atoms with van der Waals surface area (Å²) in [4.78, 5) is 11.0. The summed E-state index contributed by atoms with van der Waals surface area (Å²) >= 11 is 0. The number of carbonyl (C=O) groups is 1. The highest BCUT2D eigenvalue weighted by atomic mass is 16.3. The molecule has 0 spiro atoms. The number of para-hydroxylation sites is 1. The molecule has 1 aliphatic heterocycles. The van der Waals surface area contributed by atoms with Gasteiger partial charge in [0.25, 0.3) is 5.91 Å². The number of benzene rings is 1. The van der Waals surface area contributed by atoms with Crippen LogP contribution in [0.5, 0.6) is 5.75 Å². The van der Waals surface area contributed by atoms with Gasteiger partial charge >= 0.3 is 0 Å². The van der Waals surface area contributed by atoms with Crippen LogP contribution in [-0.2, 0) is 4.79 Å². The summed E-state index contributed by atoms with van der Waals surface area (Å²) in [5, 5.41) is 20.4. The standard InChI is InChI=1S/C9H8N4O2/c14-8-4-2-1-3-6(8)11-12-7-5-10-13-9(7)15/h1-5,7,14H,(H,13,15). The number of hydrazone groups is 1. The normalized spacial score (nSPS) is 19.7. The summed E-state index contributed by atoms with van der Waals surface area (Å²) < 4.78 is 0. The number of rotatable bonds is 2. The second-order valence-electron chi connectivity index (χ2n) is 2.90. The van der Waals surface area contributed by atoms with Crippen molar-refractivity contribution in [2.75, 3.05) is 0 Å². The van der Waals surface area contributed by atoms with Crippen LogP contribution in [0.3, 0.4) is 0 Å². The van der Waals surface area contributed by atoms with Gasteiger partial charge in [-0.2, -0.15) is 15.3 Å². The molecule has 1 unspecified atom stereocenters. The van der Waals surface area contributed by atoms with Crippen LogP contribution in [0, 0.1) is 0 Å². The van der Waals surface area contributed by atoms with Gasteiger partial charge in [0.2, 0.25) is 0 Å². The van der Waals surface area contributed by atoms with E-state index in [2.05, 4.69) is 20.8 Å². The van der Waals surface area contributed by atoms with E-state index in [1.165, 1.54) is 12.3 Å². The Kier molecular flexibility index (Phi) is 2.40. The number of phenolic OH excluding ortho intramolecular Hbond substituents is 1. The summed E-state index contributed by atoms with van der Waals surface area (Å²) in [7, 11) is 0. The summed E-state index contributed by atoms with van der Waals surface area (Å²) in [6, 6.07) is 5.79. The van der Waals surface area contributed by atoms with E-state index < -0.39 is 6.04 Å². The molecule has 0 saturated carbocycles. The smallest absolute Gasteiger partial charge is 0.272 e. The molecule has 1 atom stereocenters. The van der Waals surface area contributed by atoms with E-state index in [4.69, 9.17) is 0 Å². The Labute approximate surface area is 85.3 Å². The lowest BCUT2D eigenvalue weighted by Gasteiger charge is -1.97. The highest BCUT2D eigenvalue weighted by molar-refractivity contribution is 6.01. The SMILES string of the molecule is O=C1NN=CC1N=Nc1ccccc1O. The fourth-order valence-electron chi connectivity index (χ4n) is 1.06. The second-order valence-corrected chi connectivity index (χ2v) is 2.90. The van der Waals surface area contributed by atoms with Crippen molar-refractivity contribution in [2.24, 2.45) is 15.3 Å². The van der Waals surface area contributed by atoms with Crippen molar-refractivity contribution in [1.29, 1.82) is 0 Å². The van der Waals surface area contributed by atoms with Gasteiger partial charge in [-0.15, -0.1) is 0 Å². The van der Waals surface area contributed by atoms with Gasteiger partial charge in [0, 0.05) is 0 Å². The van der Waals surface area contributed by atoms with Gasteiger partial charge in [-0.05, 0) is 12.1 Å². The first-order valence-electron chi connectivity index (χ1n) is 4.29. The topological polar surface area (TPSA) is 86.4 Å². The molecular formula is C9H8N4O2. The van der Waals surface area contributed by atoms with E-state index in [-0.39, 0.29) is 11.7 Å². The number of aromatic hydroxyl groups is 1. The largest absolute Gasteiger partial charge is 0.506 e. The van der Waals surface area contributed by atoms with Crippen LogP contribution in [0.25, 0.3) is 0 Å². The van der Waals surface area contributed by atoms with Crippen molar-refractivity contribution in [3.63, 3.8) is 0 Å². The summed E-state index contributed by atoms with van der Waals surface area (Å²) in [6.07, 6.45) is 1.35. The van der Waals surface area contributed by atoms with Crippen molar-refractivity contribution >= 4 is 17.8 Å². The third kappa shape index (κ3) is 1.98. The average Bonchev–Trinajstić information content (AvgIpc) is 2.63. The van der Waals surface area contributed by atoms with Crippen molar-refractivity contribution < 1.29 is 9.90 Å². The number of nitrogens with one attached hydrogen (secondary N) is 1. The summed E-state index contributed by atoms with van der Waals surface area (Å²) in [6.45, 7) is 0. The molecule has 2 rings (SSSR count). The predicted molar refractivity (Wildman–Crippen MR) is 53.0 cm³/mol. The highest BCUT2D eigenvalue weighted by Crippen LogP contribution is 2.25. The molecule has 1 aromatic carbocycles. The lowest BCUT2D eigenvalue weighted by Crippen LogP contribution is -2.22. The zero-order chi connectivity index (χ0) is 10.7. The molecule has 1 aromatic rings. The molecule has 0 radical (unpaired) electrons. The van der Waals surface area contributed by atoms with E-state index in [0.29, 0.717) is 5.69 Å². The van der Waals surface area contributed by atoms with Crippen molar-refractivity contribution in [3.05, 3.63) is 24.3 Å². The summed E-state index contributed by atoms with van der Waals surface area (Å²) in [5.74, 6) is -0.300. The maximum absolute atomic E-state index is 11.0. The molecule has 0 saturated heterocycles. The molecule has 1 amide bonds. The molecular weight excluding hydrogens is 196 g/mol. The number of azo groups is 1. The third-order valence-electron chi connectivity index (χ3n) is 1.83. The van der Waals surface area contributed by atoms with E-state index in [0.717, 1.165) is 0 Å². The molecule has 0 fully saturated rings. The molecule has 0 aromatic heterocycles. The maximum atomic E-state index is 11.0. The van der Waals surface area contributed by atoms with Crippen LogP contribution >= 0.6 is 0 Å². The zero-order valence-electron chi connectivity index (χ0n) is 7.66. The van der Waals surface area contributed by atoms with E-state index >= 15 is 0 Å². The molecule has 15 heavy (non-hydrogen) atoms. The fourth-order valence-corrected chi connectivity index (χ4v) is 1.06. The van der Waals surface area contributed by atoms with Crippen LogP contribution < -0.4 is 5.43 Å². The first-order valence-corrected chi connectivity index (χ1v) is 4.29. The molecule has 76 valence electrons. The van der Waals surface area contributed by atoms with Crippen LogP contribution in [0.2, 0.25) is 0 Å². The van der Waals surface area contributed by atoms with E-state index in [1.54, 1.807) is 18.2 Å². The van der Waals surface area contributed by atoms with Crippen LogP contribution in [0.1, 0.15) is 0 Å². The molecule has 1 heterocycles. The molecule has 0 aliphatic carbocycles. The van der Waals surface area contributed by atoms with Gasteiger partial charge in [0.15, 0.2) is 6.04 Å². The second kappa shape index (κ2) is 3.87. The first kappa shape index (κ1) is 9.32. The minimum atomic E-state index is -0.704. The predicted octanol–water partition coefficient (Wildman–Crippen LogP) is 0.960. The number of nitrogens with zero attached hydrogens (tertiary/aromatic N) is 3. The Morgan fingerprint density at radius 1 is 1.40 bits per heavy atom. The number of phenols is 1. The molecule has 6 heteroatoms. The van der Waals surface area contributed by atoms with Gasteiger partial charge < -0.3 is 5.11 Å². The fraction of sp³-hybridized carbons (Fsp3) is 0.111. The Bertz CT molecular complexity index is 441. The molecule has 2 N–H and O–H groups in total. The van der Waals surface area contributed by atoms with Crippen LogP contribution in [0.15, 0.2) is 39.6 Å². The number of hydrogen-bond acceptors (Lipinski definition) is 5. The Morgan fingerprint density at radius 2 is 2.20 bits per heavy atom. The minimum Gasteiger partial charge on any atom is -0.506 e. The van der Waals surface area contributed by atoms with Gasteiger partial charge in [0.05, 0.1) is 6.21 Å². The third-order valence-corrected chi connectivity index (χ3v) is 1.83. The van der Waals surface area contributed by atoms with Crippen molar-refractivity contribution in [1.82, 2.24) is 5.43 Å². The van der Waals surface area contributed by atoms with Crippen molar-refractivity contribution in [2.45, 2.75) is 6.04 Å². The number of carbonyl (C=O) groups excluding carboxylic acids is 1. The number of hydrogen-bond donors (Lipinski definition) is 2. The lowest BCUT2D eigenvalue weighted by atomic mass is 10.3. The Morgan fingerprint density at radius 3 is 2.87 bits per heavy atom. The van der Waals surface area contributed by atoms with Crippen molar-refractivity contribution in [3.8, 4) is 5.75 Å². The van der Waals surface area contributed by atoms with Gasteiger partial charge in [0.1, 0.15) is 11.4 Å². The van der Waals surface area contributed by atoms with Gasteiger partial charge in [-0.3, -0.25) is 4.79 Å². The molecule has 1 aliphatic rings. The van der Waals surface area contributed by atoms with Crippen LogP contribution in [-0.4, -0.2) is 23.3 Å². The molecule has 0 bridgehead atoms. The quantitative estimate of drug-likeness (QED) is 0.703. The van der Waals surface area contributed by atoms with Crippen LogP contribution in [0.4, 0.5) is 5.69 Å². The average molecular weight is 204 g/mol. The number of amides is 1. The maximum Gasteiger partial charge on any atom is 0.272 e. The first-order chi connectivity index (χ1) is 7.27. The zero-order valence-corrected chi connectivity index (χ0v) is 7.66. The molecule has 6 nitrogen and oxygen atoms in total. The lowest BCUT2D eigenvalue weighted by molar-refractivity contribution is -0.120. The van der Waals surface area contributed by atoms with Gasteiger partial charge in [-0.1, -0.05) is 12.1 Å². The monoisotopic (exact) mass is 204 g/mol. The van der Waals surface area contributed by atoms with E-state index in [1.807, 2.05) is 0 Å². The minimum absolute atomic E-state index is 0.0246. The van der Waals surface area contributed by atoms with E-state index in [9.17, 15) is 9.90 Å².